The van der Waals surface area contributed by atoms with Crippen molar-refractivity contribution in [3.8, 4) is 17.2 Å². The summed E-state index contributed by atoms with van der Waals surface area (Å²) < 4.78 is 10.5. The van der Waals surface area contributed by atoms with Crippen LogP contribution in [0, 0.1) is 5.92 Å². The summed E-state index contributed by atoms with van der Waals surface area (Å²) in [5, 5.41) is 12.3. The Morgan fingerprint density at radius 1 is 1.27 bits per heavy atom. The number of nitrogens with zero attached hydrogens (tertiary/aromatic N) is 2. The fraction of sp³-hybridized carbons (Fsp3) is 0.278. The number of ether oxygens (including phenoxy) is 2. The van der Waals surface area contributed by atoms with Gasteiger partial charge in [0.2, 0.25) is 11.8 Å². The predicted molar refractivity (Wildman–Crippen MR) is 94.5 cm³/mol. The number of hydrogen-bond donors (Lipinski definition) is 2. The SMILES string of the molecule is COc1ccc(N2C[C@H](C(=O)Nc3ncccc3O)CC2=O)cc1OC. The molecule has 0 bridgehead atoms. The lowest BCUT2D eigenvalue weighted by Gasteiger charge is -2.18. The molecular formula is C18H19N3O5. The highest BCUT2D eigenvalue weighted by atomic mass is 16.5. The van der Waals surface area contributed by atoms with E-state index in [0.717, 1.165) is 0 Å². The number of rotatable bonds is 5. The molecule has 1 aromatic heterocycles. The van der Waals surface area contributed by atoms with E-state index >= 15 is 0 Å². The first-order valence-corrected chi connectivity index (χ1v) is 8.00. The van der Waals surface area contributed by atoms with Gasteiger partial charge >= 0.3 is 0 Å². The van der Waals surface area contributed by atoms with Crippen molar-refractivity contribution in [2.75, 3.05) is 31.0 Å². The molecule has 0 spiro atoms. The molecule has 1 fully saturated rings. The number of hydrogen-bond acceptors (Lipinski definition) is 6. The van der Waals surface area contributed by atoms with Gasteiger partial charge in [-0.2, -0.15) is 0 Å². The van der Waals surface area contributed by atoms with Gasteiger partial charge in [0.1, 0.15) is 0 Å². The van der Waals surface area contributed by atoms with E-state index in [1.165, 1.54) is 31.4 Å². The molecule has 8 heteroatoms. The average Bonchev–Trinajstić information content (AvgIpc) is 3.05. The van der Waals surface area contributed by atoms with Gasteiger partial charge in [-0.15, -0.1) is 0 Å². The predicted octanol–water partition coefficient (Wildman–Crippen LogP) is 1.80. The van der Waals surface area contributed by atoms with Crippen LogP contribution in [-0.2, 0) is 9.59 Å². The van der Waals surface area contributed by atoms with E-state index in [1.54, 1.807) is 24.3 Å². The second-order valence-corrected chi connectivity index (χ2v) is 5.81. The Balaban J connectivity index is 1.74. The molecule has 0 saturated carbocycles. The Bertz CT molecular complexity index is 839. The van der Waals surface area contributed by atoms with Gasteiger partial charge in [-0.05, 0) is 24.3 Å². The highest BCUT2D eigenvalue weighted by molar-refractivity contribution is 6.03. The summed E-state index contributed by atoms with van der Waals surface area (Å²) in [7, 11) is 3.05. The summed E-state index contributed by atoms with van der Waals surface area (Å²) in [4.78, 5) is 30.2. The largest absolute Gasteiger partial charge is 0.504 e. The molecule has 136 valence electrons. The highest BCUT2D eigenvalue weighted by Gasteiger charge is 2.35. The number of aromatic hydroxyl groups is 1. The van der Waals surface area contributed by atoms with Crippen molar-refractivity contribution in [2.24, 2.45) is 5.92 Å². The molecule has 2 aromatic rings. The second kappa shape index (κ2) is 7.30. The molecule has 2 heterocycles. The summed E-state index contributed by atoms with van der Waals surface area (Å²) >= 11 is 0. The Hall–Kier alpha value is -3.29. The van der Waals surface area contributed by atoms with Crippen molar-refractivity contribution in [3.63, 3.8) is 0 Å². The van der Waals surface area contributed by atoms with Gasteiger partial charge in [-0.1, -0.05) is 0 Å². The summed E-state index contributed by atoms with van der Waals surface area (Å²) in [6, 6.07) is 8.13. The van der Waals surface area contributed by atoms with Gasteiger partial charge in [0, 0.05) is 30.9 Å². The molecule has 2 amide bonds. The first-order valence-electron chi connectivity index (χ1n) is 8.00. The van der Waals surface area contributed by atoms with E-state index < -0.39 is 5.92 Å². The maximum atomic E-state index is 12.4. The maximum Gasteiger partial charge on any atom is 0.231 e. The zero-order chi connectivity index (χ0) is 18.7. The number of pyridine rings is 1. The number of methoxy groups -OCH3 is 2. The standard InChI is InChI=1S/C18H19N3O5/c1-25-14-6-5-12(9-15(14)26-2)21-10-11(8-16(21)23)18(24)20-17-13(22)4-3-7-19-17/h3-7,9,11,22H,8,10H2,1-2H3,(H,19,20,24)/t11-/m1/s1. The molecule has 3 rings (SSSR count). The van der Waals surface area contributed by atoms with Crippen LogP contribution >= 0.6 is 0 Å². The summed E-state index contributed by atoms with van der Waals surface area (Å²) in [5.41, 5.74) is 0.628. The molecule has 0 radical (unpaired) electrons. The fourth-order valence-corrected chi connectivity index (χ4v) is 2.84. The molecular weight excluding hydrogens is 338 g/mol. The van der Waals surface area contributed by atoms with Crippen LogP contribution in [0.15, 0.2) is 36.5 Å². The van der Waals surface area contributed by atoms with E-state index in [2.05, 4.69) is 10.3 Å². The van der Waals surface area contributed by atoms with Crippen molar-refractivity contribution < 1.29 is 24.2 Å². The van der Waals surface area contributed by atoms with E-state index in [-0.39, 0.29) is 36.3 Å². The Kier molecular flexibility index (Phi) is 4.92. The van der Waals surface area contributed by atoms with Crippen molar-refractivity contribution in [3.05, 3.63) is 36.5 Å². The zero-order valence-electron chi connectivity index (χ0n) is 14.4. The molecule has 1 atom stereocenters. The monoisotopic (exact) mass is 357 g/mol. The molecule has 8 nitrogen and oxygen atoms in total. The lowest BCUT2D eigenvalue weighted by molar-refractivity contribution is -0.122. The van der Waals surface area contributed by atoms with Crippen LogP contribution in [0.3, 0.4) is 0 Å². The van der Waals surface area contributed by atoms with E-state index in [0.29, 0.717) is 17.2 Å². The van der Waals surface area contributed by atoms with Crippen LogP contribution in [0.1, 0.15) is 6.42 Å². The van der Waals surface area contributed by atoms with E-state index in [9.17, 15) is 14.7 Å². The van der Waals surface area contributed by atoms with Crippen molar-refractivity contribution in [2.45, 2.75) is 6.42 Å². The van der Waals surface area contributed by atoms with Gasteiger partial charge in [0.05, 0.1) is 20.1 Å². The smallest absolute Gasteiger partial charge is 0.231 e. The van der Waals surface area contributed by atoms with Crippen LogP contribution in [0.4, 0.5) is 11.5 Å². The fourth-order valence-electron chi connectivity index (χ4n) is 2.84. The number of amides is 2. The number of nitrogens with one attached hydrogen (secondary N) is 1. The van der Waals surface area contributed by atoms with Gasteiger partial charge < -0.3 is 24.8 Å². The molecule has 0 aliphatic carbocycles. The zero-order valence-corrected chi connectivity index (χ0v) is 14.4. The Morgan fingerprint density at radius 2 is 2.04 bits per heavy atom. The van der Waals surface area contributed by atoms with Crippen LogP contribution in [0.2, 0.25) is 0 Å². The summed E-state index contributed by atoms with van der Waals surface area (Å²) in [6.07, 6.45) is 1.54. The molecule has 0 unspecified atom stereocenters. The lowest BCUT2D eigenvalue weighted by Crippen LogP contribution is -2.28. The van der Waals surface area contributed by atoms with E-state index in [1.807, 2.05) is 0 Å². The van der Waals surface area contributed by atoms with Crippen LogP contribution in [-0.4, -0.2) is 42.7 Å². The van der Waals surface area contributed by atoms with Crippen LogP contribution in [0.5, 0.6) is 17.2 Å². The quantitative estimate of drug-likeness (QED) is 0.846. The molecule has 1 aromatic carbocycles. The minimum atomic E-state index is -0.544. The van der Waals surface area contributed by atoms with E-state index in [4.69, 9.17) is 9.47 Å². The minimum absolute atomic E-state index is 0.0772. The maximum absolute atomic E-state index is 12.4. The normalized spacial score (nSPS) is 16.5. The minimum Gasteiger partial charge on any atom is -0.504 e. The van der Waals surface area contributed by atoms with Crippen molar-refractivity contribution >= 4 is 23.3 Å². The van der Waals surface area contributed by atoms with Crippen LogP contribution < -0.4 is 19.7 Å². The van der Waals surface area contributed by atoms with Crippen molar-refractivity contribution in [1.29, 1.82) is 0 Å². The third-order valence-electron chi connectivity index (χ3n) is 4.20. The Morgan fingerprint density at radius 3 is 2.73 bits per heavy atom. The van der Waals surface area contributed by atoms with Gasteiger partial charge in [-0.3, -0.25) is 9.59 Å². The number of carbonyl (C=O) groups is 2. The number of carbonyl (C=O) groups excluding carboxylic acids is 2. The van der Waals surface area contributed by atoms with Gasteiger partial charge in [0.25, 0.3) is 0 Å². The highest BCUT2D eigenvalue weighted by Crippen LogP contribution is 2.34. The number of benzene rings is 1. The molecule has 1 saturated heterocycles. The van der Waals surface area contributed by atoms with Crippen LogP contribution in [0.25, 0.3) is 0 Å². The first-order chi connectivity index (χ1) is 12.5. The summed E-state index contributed by atoms with van der Waals surface area (Å²) in [6.45, 7) is 0.230. The number of anilines is 2. The Labute approximate surface area is 150 Å². The third-order valence-corrected chi connectivity index (χ3v) is 4.20. The van der Waals surface area contributed by atoms with Gasteiger partial charge in [-0.25, -0.2) is 4.98 Å². The first kappa shape index (κ1) is 17.5. The number of aromatic nitrogens is 1. The topological polar surface area (TPSA) is 101 Å². The molecule has 1 aliphatic heterocycles. The molecule has 2 N–H and O–H groups in total. The second-order valence-electron chi connectivity index (χ2n) is 5.81. The van der Waals surface area contributed by atoms with Gasteiger partial charge in [0.15, 0.2) is 23.1 Å². The van der Waals surface area contributed by atoms with Crippen molar-refractivity contribution in [1.82, 2.24) is 4.98 Å². The third kappa shape index (κ3) is 3.39. The lowest BCUT2D eigenvalue weighted by atomic mass is 10.1. The summed E-state index contributed by atoms with van der Waals surface area (Å²) in [5.74, 6) is -0.0571. The average molecular weight is 357 g/mol. The molecule has 1 aliphatic rings. The molecule has 26 heavy (non-hydrogen) atoms.